The van der Waals surface area contributed by atoms with Gasteiger partial charge in [0.25, 0.3) is 0 Å². The molecule has 0 radical (unpaired) electrons. The molecule has 4 aliphatic rings. The molecule has 0 unspecified atom stereocenters. The Morgan fingerprint density at radius 3 is 2.48 bits per heavy atom. The molecule has 2 N–H and O–H groups in total. The van der Waals surface area contributed by atoms with Crippen molar-refractivity contribution in [1.29, 1.82) is 0 Å². The summed E-state index contributed by atoms with van der Waals surface area (Å²) >= 11 is 0. The van der Waals surface area contributed by atoms with Crippen molar-refractivity contribution in [2.24, 2.45) is 5.92 Å². The summed E-state index contributed by atoms with van der Waals surface area (Å²) in [6.45, 7) is 11.2. The summed E-state index contributed by atoms with van der Waals surface area (Å²) in [5, 5.41) is 0.474. The highest BCUT2D eigenvalue weighted by Crippen LogP contribution is 2.49. The van der Waals surface area contributed by atoms with Crippen LogP contribution in [0.2, 0.25) is 16.6 Å². The number of rotatable bonds is 8. The summed E-state index contributed by atoms with van der Waals surface area (Å²) in [6.07, 6.45) is 2.13. The van der Waals surface area contributed by atoms with Gasteiger partial charge in [-0.3, -0.25) is 9.88 Å². The number of fused-ring (bicyclic) bond motifs is 4. The van der Waals surface area contributed by atoms with Crippen LogP contribution in [0.1, 0.15) is 88.4 Å². The minimum Gasteiger partial charge on any atom is -0.461 e. The van der Waals surface area contributed by atoms with E-state index in [1.807, 2.05) is 0 Å². The maximum Gasteiger partial charge on any atom is 0.319 e. The van der Waals surface area contributed by atoms with Crippen molar-refractivity contribution in [1.82, 2.24) is 19.9 Å². The molecule has 3 aliphatic heterocycles. The number of halogens is 5. The van der Waals surface area contributed by atoms with Crippen LogP contribution in [0.5, 0.6) is 6.01 Å². The standard InChI is InChI=1S/C43H51F5N6OSi/c1-23(2)56(24(3)4,25(5)6)15-11-29-34-26(17-33(45)35(29)46)16-28(49)18-31(34)38-37(48)39-32(20-50-38)41(54-14-8-7-10-30-36(47)40(30)54)52-42(51-39)55-22-43-12-9-13-53(43)21-27(44)19-43/h16-18,20,23-25,27,30,36,40H,7-10,12-14,19,21-22,49H2,1-6H3/t27-,30+,36+,40+,43+/m1/s1/i22D2. The number of anilines is 2. The molecule has 2 aromatic heterocycles. The molecule has 3 saturated heterocycles. The Balaban J connectivity index is 1.34. The highest BCUT2D eigenvalue weighted by Gasteiger charge is 2.56. The summed E-state index contributed by atoms with van der Waals surface area (Å²) in [5.74, 6) is -0.278. The fraction of sp³-hybridized carbons (Fsp3) is 0.558. The summed E-state index contributed by atoms with van der Waals surface area (Å²) < 4.78 is 103. The van der Waals surface area contributed by atoms with Crippen molar-refractivity contribution in [3.63, 3.8) is 0 Å². The summed E-state index contributed by atoms with van der Waals surface area (Å²) in [5.41, 5.74) is 8.53. The van der Waals surface area contributed by atoms with Crippen LogP contribution in [0.25, 0.3) is 32.9 Å². The quantitative estimate of drug-likeness (QED) is 0.0824. The molecule has 1 saturated carbocycles. The molecule has 4 fully saturated rings. The van der Waals surface area contributed by atoms with E-state index in [0.717, 1.165) is 18.9 Å². The van der Waals surface area contributed by atoms with E-state index in [1.165, 1.54) is 18.3 Å². The van der Waals surface area contributed by atoms with E-state index >= 15 is 17.6 Å². The first-order chi connectivity index (χ1) is 27.4. The van der Waals surface area contributed by atoms with E-state index in [-0.39, 0.29) is 85.5 Å². The predicted octanol–water partition coefficient (Wildman–Crippen LogP) is 9.70. The van der Waals surface area contributed by atoms with E-state index in [0.29, 0.717) is 32.4 Å². The van der Waals surface area contributed by atoms with Crippen LogP contribution in [-0.4, -0.2) is 78.0 Å². The normalized spacial score (nSPS) is 26.0. The van der Waals surface area contributed by atoms with Crippen molar-refractivity contribution < 1.29 is 29.4 Å². The average Bonchev–Trinajstić information content (AvgIpc) is 3.50. The third-order valence-corrected chi connectivity index (χ3v) is 19.4. The Hall–Kier alpha value is -4.02. The molecule has 5 heterocycles. The lowest BCUT2D eigenvalue weighted by Crippen LogP contribution is -2.43. The lowest BCUT2D eigenvalue weighted by molar-refractivity contribution is 0.107. The molecule has 8 rings (SSSR count). The Labute approximate surface area is 329 Å². The lowest BCUT2D eigenvalue weighted by Gasteiger charge is -2.38. The number of nitrogens with two attached hydrogens (primary N) is 1. The third kappa shape index (κ3) is 6.30. The molecule has 56 heavy (non-hydrogen) atoms. The predicted molar refractivity (Wildman–Crippen MR) is 214 cm³/mol. The van der Waals surface area contributed by atoms with Gasteiger partial charge >= 0.3 is 6.01 Å². The van der Waals surface area contributed by atoms with E-state index in [2.05, 4.69) is 68.0 Å². The largest absolute Gasteiger partial charge is 0.461 e. The first kappa shape index (κ1) is 36.3. The Kier molecular flexibility index (Phi) is 9.35. The van der Waals surface area contributed by atoms with E-state index in [1.54, 1.807) is 9.80 Å². The molecular weight excluding hydrogens is 740 g/mol. The van der Waals surface area contributed by atoms with Crippen LogP contribution in [-0.2, 0) is 0 Å². The zero-order valence-electron chi connectivity index (χ0n) is 34.8. The molecule has 4 aromatic rings. The van der Waals surface area contributed by atoms with Crippen LogP contribution in [0.3, 0.4) is 0 Å². The molecular formula is C43H51F5N6OSi. The summed E-state index contributed by atoms with van der Waals surface area (Å²) in [6, 6.07) is 2.92. The number of nitrogen functional groups attached to an aromatic ring is 1. The van der Waals surface area contributed by atoms with Gasteiger partial charge in [-0.15, -0.1) is 5.54 Å². The first-order valence-electron chi connectivity index (χ1n) is 21.0. The molecule has 2 aromatic carbocycles. The van der Waals surface area contributed by atoms with Gasteiger partial charge in [0, 0.05) is 48.3 Å². The molecule has 298 valence electrons. The van der Waals surface area contributed by atoms with Crippen molar-refractivity contribution in [3.8, 4) is 28.7 Å². The van der Waals surface area contributed by atoms with Crippen molar-refractivity contribution in [3.05, 3.63) is 47.4 Å². The van der Waals surface area contributed by atoms with E-state index in [4.69, 9.17) is 13.2 Å². The van der Waals surface area contributed by atoms with E-state index < -0.39 is 62.0 Å². The molecule has 1 aliphatic carbocycles. The fourth-order valence-electron chi connectivity index (χ4n) is 10.4. The van der Waals surface area contributed by atoms with Crippen LogP contribution in [0.4, 0.5) is 33.5 Å². The summed E-state index contributed by atoms with van der Waals surface area (Å²) in [7, 11) is -2.46. The van der Waals surface area contributed by atoms with Gasteiger partial charge in [0.1, 0.15) is 44.0 Å². The molecule has 0 bridgehead atoms. The number of benzene rings is 2. The van der Waals surface area contributed by atoms with Crippen molar-refractivity contribution in [2.45, 2.75) is 121 Å². The lowest BCUT2D eigenvalue weighted by atomic mass is 9.95. The van der Waals surface area contributed by atoms with Crippen LogP contribution in [0.15, 0.2) is 24.4 Å². The molecule has 13 heteroatoms. The SMILES string of the molecule is [2H]C([2H])(Oc1nc(N2CCCC[C@H]3[C@H](F)[C@H]32)c2cnc(-c3cc(N)cc4cc(F)c(F)c(C#C[Si](C(C)C)(C(C)C)C(C)C)c34)c(F)c2n1)[C@@]12CCCN1C[C@H](F)C2. The molecule has 7 nitrogen and oxygen atoms in total. The molecule has 0 spiro atoms. The number of aromatic nitrogens is 3. The van der Waals surface area contributed by atoms with Gasteiger partial charge in [-0.1, -0.05) is 53.9 Å². The number of hydrogen-bond donors (Lipinski definition) is 1. The van der Waals surface area contributed by atoms with Crippen LogP contribution < -0.4 is 15.4 Å². The second-order valence-corrected chi connectivity index (χ2v) is 22.8. The monoisotopic (exact) mass is 792 g/mol. The number of hydrogen-bond acceptors (Lipinski definition) is 7. The van der Waals surface area contributed by atoms with Crippen molar-refractivity contribution >= 4 is 41.3 Å². The van der Waals surface area contributed by atoms with Gasteiger partial charge in [-0.25, -0.2) is 22.0 Å². The Bertz CT molecular complexity index is 2330. The van der Waals surface area contributed by atoms with Gasteiger partial charge in [0.05, 0.1) is 25.3 Å². The Morgan fingerprint density at radius 2 is 1.75 bits per heavy atom. The van der Waals surface area contributed by atoms with Crippen molar-refractivity contribution in [2.75, 3.05) is 36.8 Å². The topological polar surface area (TPSA) is 80.4 Å². The van der Waals surface area contributed by atoms with Gasteiger partial charge in [-0.05, 0) is 72.4 Å². The fourth-order valence-corrected chi connectivity index (χ4v) is 15.6. The summed E-state index contributed by atoms with van der Waals surface area (Å²) in [4.78, 5) is 17.2. The van der Waals surface area contributed by atoms with E-state index in [9.17, 15) is 4.39 Å². The second-order valence-electron chi connectivity index (χ2n) is 17.2. The minimum atomic E-state index is -2.48. The smallest absolute Gasteiger partial charge is 0.319 e. The highest BCUT2D eigenvalue weighted by molar-refractivity contribution is 6.90. The zero-order valence-corrected chi connectivity index (χ0v) is 33.8. The number of alkyl halides is 2. The van der Waals surface area contributed by atoms with Crippen LogP contribution in [0, 0.1) is 34.8 Å². The van der Waals surface area contributed by atoms with Crippen LogP contribution >= 0.6 is 0 Å². The minimum absolute atomic E-state index is 0.0581. The number of nitrogens with zero attached hydrogens (tertiary/aromatic N) is 5. The number of pyridine rings is 1. The highest BCUT2D eigenvalue weighted by atomic mass is 28.3. The second kappa shape index (κ2) is 14.4. The zero-order chi connectivity index (χ0) is 41.6. The van der Waals surface area contributed by atoms with Gasteiger partial charge in [0.15, 0.2) is 17.5 Å². The number of ether oxygens (including phenoxy) is 1. The van der Waals surface area contributed by atoms with Gasteiger partial charge in [0.2, 0.25) is 0 Å². The molecule has 5 atom stereocenters. The van der Waals surface area contributed by atoms with Gasteiger partial charge < -0.3 is 15.4 Å². The maximum absolute atomic E-state index is 17.5. The molecule has 0 amide bonds. The third-order valence-electron chi connectivity index (χ3n) is 13.1. The first-order valence-corrected chi connectivity index (χ1v) is 22.2. The Morgan fingerprint density at radius 1 is 1.00 bits per heavy atom. The van der Waals surface area contributed by atoms with Gasteiger partial charge in [-0.2, -0.15) is 9.97 Å². The average molecular weight is 793 g/mol. The maximum atomic E-state index is 17.5.